The van der Waals surface area contributed by atoms with E-state index in [-0.39, 0.29) is 12.5 Å². The van der Waals surface area contributed by atoms with Crippen LogP contribution < -0.4 is 10.6 Å². The Kier molecular flexibility index (Phi) is 5.52. The lowest BCUT2D eigenvalue weighted by atomic mass is 10.3. The lowest BCUT2D eigenvalue weighted by Crippen LogP contribution is -2.28. The van der Waals surface area contributed by atoms with Gasteiger partial charge in [0.05, 0.1) is 17.3 Å². The SMILES string of the molecule is C=CCNCC(=O)Nc1ccc(Br)cc1Cl. The minimum absolute atomic E-state index is 0.133. The summed E-state index contributed by atoms with van der Waals surface area (Å²) in [6.07, 6.45) is 1.69. The van der Waals surface area contributed by atoms with Gasteiger partial charge in [0.2, 0.25) is 5.91 Å². The summed E-state index contributed by atoms with van der Waals surface area (Å²) < 4.78 is 0.875. The number of halogens is 2. The summed E-state index contributed by atoms with van der Waals surface area (Å²) >= 11 is 9.25. The normalized spacial score (nSPS) is 9.88. The van der Waals surface area contributed by atoms with Crippen molar-refractivity contribution < 1.29 is 4.79 Å². The monoisotopic (exact) mass is 302 g/mol. The van der Waals surface area contributed by atoms with Gasteiger partial charge in [-0.2, -0.15) is 0 Å². The topological polar surface area (TPSA) is 41.1 Å². The summed E-state index contributed by atoms with van der Waals surface area (Å²) in [5.41, 5.74) is 0.607. The van der Waals surface area contributed by atoms with Crippen molar-refractivity contribution in [2.24, 2.45) is 0 Å². The Bertz CT molecular complexity index is 396. The fraction of sp³-hybridized carbons (Fsp3) is 0.182. The molecule has 86 valence electrons. The van der Waals surface area contributed by atoms with Gasteiger partial charge in [0.15, 0.2) is 0 Å². The first-order valence-corrected chi connectivity index (χ1v) is 5.87. The number of carbonyl (C=O) groups excluding carboxylic acids is 1. The average Bonchev–Trinajstić information content (AvgIpc) is 2.23. The molecule has 3 nitrogen and oxygen atoms in total. The van der Waals surface area contributed by atoms with Crippen LogP contribution in [0.15, 0.2) is 35.3 Å². The second kappa shape index (κ2) is 6.68. The number of anilines is 1. The third-order valence-corrected chi connectivity index (χ3v) is 2.59. The standard InChI is InChI=1S/C11H12BrClN2O/c1-2-5-14-7-11(16)15-10-4-3-8(12)6-9(10)13/h2-4,6,14H,1,5,7H2,(H,15,16). The van der Waals surface area contributed by atoms with Crippen LogP contribution in [0.2, 0.25) is 5.02 Å². The van der Waals surface area contributed by atoms with Crippen LogP contribution in [-0.4, -0.2) is 19.0 Å². The molecule has 2 N–H and O–H groups in total. The minimum atomic E-state index is -0.133. The van der Waals surface area contributed by atoms with Crippen molar-refractivity contribution in [2.45, 2.75) is 0 Å². The molecular weight excluding hydrogens is 291 g/mol. The van der Waals surface area contributed by atoms with Gasteiger partial charge in [-0.05, 0) is 18.2 Å². The molecule has 1 rings (SSSR count). The van der Waals surface area contributed by atoms with Crippen molar-refractivity contribution in [3.8, 4) is 0 Å². The van der Waals surface area contributed by atoms with Crippen LogP contribution in [0.1, 0.15) is 0 Å². The summed E-state index contributed by atoms with van der Waals surface area (Å²) in [5.74, 6) is -0.133. The first kappa shape index (κ1) is 13.2. The number of benzene rings is 1. The average molecular weight is 304 g/mol. The Labute approximate surface area is 108 Å². The highest BCUT2D eigenvalue weighted by atomic mass is 79.9. The van der Waals surface area contributed by atoms with Gasteiger partial charge in [-0.3, -0.25) is 4.79 Å². The molecule has 0 unspecified atom stereocenters. The molecular formula is C11H12BrClN2O. The molecule has 0 spiro atoms. The van der Waals surface area contributed by atoms with Crippen molar-refractivity contribution in [3.63, 3.8) is 0 Å². The number of hydrogen-bond acceptors (Lipinski definition) is 2. The molecule has 0 aliphatic carbocycles. The summed E-state index contributed by atoms with van der Waals surface area (Å²) in [5, 5.41) is 6.12. The van der Waals surface area contributed by atoms with Gasteiger partial charge >= 0.3 is 0 Å². The van der Waals surface area contributed by atoms with Crippen LogP contribution in [-0.2, 0) is 4.79 Å². The zero-order valence-corrected chi connectivity index (χ0v) is 10.9. The van der Waals surface area contributed by atoms with Gasteiger partial charge < -0.3 is 10.6 Å². The fourth-order valence-corrected chi connectivity index (χ4v) is 1.79. The highest BCUT2D eigenvalue weighted by Crippen LogP contribution is 2.25. The van der Waals surface area contributed by atoms with E-state index in [2.05, 4.69) is 33.1 Å². The Morgan fingerprint density at radius 3 is 2.94 bits per heavy atom. The Balaban J connectivity index is 2.52. The molecule has 0 saturated carbocycles. The van der Waals surface area contributed by atoms with E-state index in [1.807, 2.05) is 6.07 Å². The highest BCUT2D eigenvalue weighted by molar-refractivity contribution is 9.10. The molecule has 0 bridgehead atoms. The Morgan fingerprint density at radius 2 is 2.31 bits per heavy atom. The van der Waals surface area contributed by atoms with Crippen molar-refractivity contribution in [3.05, 3.63) is 40.3 Å². The molecule has 0 atom stereocenters. The molecule has 0 saturated heterocycles. The maximum atomic E-state index is 11.4. The third-order valence-electron chi connectivity index (χ3n) is 1.78. The van der Waals surface area contributed by atoms with Crippen molar-refractivity contribution >= 4 is 39.1 Å². The van der Waals surface area contributed by atoms with Crippen LogP contribution in [0, 0.1) is 0 Å². The Hall–Kier alpha value is -0.840. The zero-order chi connectivity index (χ0) is 12.0. The van der Waals surface area contributed by atoms with Crippen LogP contribution >= 0.6 is 27.5 Å². The first-order valence-electron chi connectivity index (χ1n) is 4.70. The highest BCUT2D eigenvalue weighted by Gasteiger charge is 2.05. The maximum Gasteiger partial charge on any atom is 0.238 e. The van der Waals surface area contributed by atoms with Gasteiger partial charge in [-0.15, -0.1) is 6.58 Å². The molecule has 1 amide bonds. The molecule has 0 aliphatic rings. The fourth-order valence-electron chi connectivity index (χ4n) is 1.07. The summed E-state index contributed by atoms with van der Waals surface area (Å²) in [7, 11) is 0. The molecule has 0 heterocycles. The predicted molar refractivity (Wildman–Crippen MR) is 70.8 cm³/mol. The van der Waals surface area contributed by atoms with E-state index in [0.29, 0.717) is 17.3 Å². The number of amides is 1. The molecule has 0 aromatic heterocycles. The van der Waals surface area contributed by atoms with Crippen LogP contribution in [0.25, 0.3) is 0 Å². The number of carbonyl (C=O) groups is 1. The van der Waals surface area contributed by atoms with E-state index in [4.69, 9.17) is 11.6 Å². The largest absolute Gasteiger partial charge is 0.324 e. The van der Waals surface area contributed by atoms with Gasteiger partial charge in [0.25, 0.3) is 0 Å². The van der Waals surface area contributed by atoms with Crippen molar-refractivity contribution in [1.82, 2.24) is 5.32 Å². The molecule has 0 fully saturated rings. The van der Waals surface area contributed by atoms with Crippen LogP contribution in [0.4, 0.5) is 5.69 Å². The van der Waals surface area contributed by atoms with Gasteiger partial charge in [-0.25, -0.2) is 0 Å². The van der Waals surface area contributed by atoms with Crippen LogP contribution in [0.5, 0.6) is 0 Å². The van der Waals surface area contributed by atoms with E-state index in [1.54, 1.807) is 18.2 Å². The zero-order valence-electron chi connectivity index (χ0n) is 8.59. The molecule has 5 heteroatoms. The van der Waals surface area contributed by atoms with E-state index in [0.717, 1.165) is 4.47 Å². The number of nitrogens with one attached hydrogen (secondary N) is 2. The Morgan fingerprint density at radius 1 is 1.56 bits per heavy atom. The predicted octanol–water partition coefficient (Wildman–Crippen LogP) is 2.82. The van der Waals surface area contributed by atoms with E-state index in [9.17, 15) is 4.79 Å². The molecule has 16 heavy (non-hydrogen) atoms. The smallest absolute Gasteiger partial charge is 0.238 e. The first-order chi connectivity index (χ1) is 7.63. The van der Waals surface area contributed by atoms with E-state index >= 15 is 0 Å². The lowest BCUT2D eigenvalue weighted by Gasteiger charge is -2.07. The van der Waals surface area contributed by atoms with Crippen molar-refractivity contribution in [1.29, 1.82) is 0 Å². The van der Waals surface area contributed by atoms with Crippen molar-refractivity contribution in [2.75, 3.05) is 18.4 Å². The van der Waals surface area contributed by atoms with Gasteiger partial charge in [0.1, 0.15) is 0 Å². The second-order valence-corrected chi connectivity index (χ2v) is 4.41. The lowest BCUT2D eigenvalue weighted by molar-refractivity contribution is -0.115. The number of hydrogen-bond donors (Lipinski definition) is 2. The molecule has 1 aromatic carbocycles. The summed E-state index contributed by atoms with van der Waals surface area (Å²) in [4.78, 5) is 11.4. The molecule has 0 aliphatic heterocycles. The summed E-state index contributed by atoms with van der Waals surface area (Å²) in [6, 6.07) is 5.30. The van der Waals surface area contributed by atoms with Gasteiger partial charge in [-0.1, -0.05) is 33.6 Å². The third kappa shape index (κ3) is 4.35. The van der Waals surface area contributed by atoms with Crippen LogP contribution in [0.3, 0.4) is 0 Å². The number of rotatable bonds is 5. The summed E-state index contributed by atoms with van der Waals surface area (Å²) in [6.45, 7) is 4.38. The van der Waals surface area contributed by atoms with Gasteiger partial charge in [0, 0.05) is 11.0 Å². The van der Waals surface area contributed by atoms with E-state index in [1.165, 1.54) is 0 Å². The second-order valence-electron chi connectivity index (χ2n) is 3.09. The molecule has 0 radical (unpaired) electrons. The van der Waals surface area contributed by atoms with E-state index < -0.39 is 0 Å². The maximum absolute atomic E-state index is 11.4. The molecule has 1 aromatic rings. The minimum Gasteiger partial charge on any atom is -0.324 e. The quantitative estimate of drug-likeness (QED) is 0.649.